The van der Waals surface area contributed by atoms with Crippen molar-refractivity contribution in [2.24, 2.45) is 13.0 Å². The van der Waals surface area contributed by atoms with Gasteiger partial charge < -0.3 is 9.64 Å². The van der Waals surface area contributed by atoms with Crippen LogP contribution < -0.4 is 4.57 Å². The normalized spacial score (nSPS) is 18.0. The van der Waals surface area contributed by atoms with Gasteiger partial charge in [-0.1, -0.05) is 13.3 Å². The van der Waals surface area contributed by atoms with Crippen LogP contribution in [0.2, 0.25) is 0 Å². The highest BCUT2D eigenvalue weighted by atomic mass is 16.5. The number of carbonyl (C=O) groups is 2. The average Bonchev–Trinajstić information content (AvgIpc) is 3.07. The Bertz CT molecular complexity index is 512. The van der Waals surface area contributed by atoms with E-state index >= 15 is 0 Å². The van der Waals surface area contributed by atoms with Gasteiger partial charge in [-0.2, -0.15) is 0 Å². The quantitative estimate of drug-likeness (QED) is 0.407. The van der Waals surface area contributed by atoms with Gasteiger partial charge in [-0.25, -0.2) is 9.13 Å². The fourth-order valence-electron chi connectivity index (χ4n) is 2.67. The van der Waals surface area contributed by atoms with E-state index in [1.807, 2.05) is 30.3 Å². The molecule has 1 aliphatic rings. The van der Waals surface area contributed by atoms with E-state index in [2.05, 4.69) is 11.5 Å². The van der Waals surface area contributed by atoms with E-state index in [1.165, 1.54) is 0 Å². The number of esters is 1. The van der Waals surface area contributed by atoms with Crippen LogP contribution in [0.1, 0.15) is 32.6 Å². The molecule has 1 aliphatic heterocycles. The molecule has 6 heteroatoms. The zero-order valence-electron chi connectivity index (χ0n) is 13.5. The second-order valence-electron chi connectivity index (χ2n) is 5.93. The second kappa shape index (κ2) is 7.96. The van der Waals surface area contributed by atoms with Gasteiger partial charge in [0, 0.05) is 25.9 Å². The summed E-state index contributed by atoms with van der Waals surface area (Å²) in [4.78, 5) is 25.6. The Morgan fingerprint density at radius 1 is 1.41 bits per heavy atom. The number of likely N-dealkylation sites (tertiary alicyclic amines) is 1. The number of hydrogen-bond acceptors (Lipinski definition) is 3. The smallest absolute Gasteiger partial charge is 0.311 e. The molecule has 0 spiro atoms. The molecule has 1 amide bonds. The van der Waals surface area contributed by atoms with Crippen LogP contribution in [-0.4, -0.2) is 41.0 Å². The largest absolute Gasteiger partial charge is 0.465 e. The molecule has 1 unspecified atom stereocenters. The van der Waals surface area contributed by atoms with Crippen molar-refractivity contribution in [3.05, 3.63) is 18.7 Å². The molecule has 0 bridgehead atoms. The molecule has 1 aromatic heterocycles. The fourth-order valence-corrected chi connectivity index (χ4v) is 2.67. The number of rotatable bonds is 8. The third kappa shape index (κ3) is 4.58. The van der Waals surface area contributed by atoms with E-state index in [-0.39, 0.29) is 17.8 Å². The standard InChI is InChI=1S/C16H26N3O3/c1-3-4-7-19-12-14(11-15(19)20)16(21)22-10-5-6-18-9-8-17(2)13-18/h8-9,13-14H,3-7,10-12H2,1-2H3/q+1. The molecule has 0 radical (unpaired) electrons. The summed E-state index contributed by atoms with van der Waals surface area (Å²) in [7, 11) is 1.97. The Morgan fingerprint density at radius 3 is 2.91 bits per heavy atom. The predicted molar refractivity (Wildman–Crippen MR) is 80.8 cm³/mol. The molecule has 0 saturated carbocycles. The lowest BCUT2D eigenvalue weighted by Gasteiger charge is -2.15. The lowest BCUT2D eigenvalue weighted by atomic mass is 10.1. The van der Waals surface area contributed by atoms with Crippen molar-refractivity contribution >= 4 is 11.9 Å². The average molecular weight is 308 g/mol. The van der Waals surface area contributed by atoms with Crippen molar-refractivity contribution in [2.75, 3.05) is 19.7 Å². The van der Waals surface area contributed by atoms with E-state index in [1.54, 1.807) is 4.90 Å². The molecule has 22 heavy (non-hydrogen) atoms. The Balaban J connectivity index is 1.66. The van der Waals surface area contributed by atoms with Gasteiger partial charge in [-0.15, -0.1) is 0 Å². The maximum absolute atomic E-state index is 12.0. The number of amides is 1. The Morgan fingerprint density at radius 2 is 2.23 bits per heavy atom. The zero-order chi connectivity index (χ0) is 15.9. The highest BCUT2D eigenvalue weighted by Crippen LogP contribution is 2.19. The summed E-state index contributed by atoms with van der Waals surface area (Å²) in [6.07, 6.45) is 9.07. The van der Waals surface area contributed by atoms with Gasteiger partial charge in [0.25, 0.3) is 0 Å². The first-order valence-electron chi connectivity index (χ1n) is 8.05. The summed E-state index contributed by atoms with van der Waals surface area (Å²) >= 11 is 0. The molecule has 1 saturated heterocycles. The van der Waals surface area contributed by atoms with Crippen molar-refractivity contribution in [1.82, 2.24) is 9.47 Å². The number of aryl methyl sites for hydroxylation is 2. The SMILES string of the molecule is CCCCN1CC(C(=O)OCCCn2cc[n+](C)c2)CC1=O. The van der Waals surface area contributed by atoms with Crippen LogP contribution in [0.15, 0.2) is 18.7 Å². The van der Waals surface area contributed by atoms with Crippen LogP contribution in [0.3, 0.4) is 0 Å². The summed E-state index contributed by atoms with van der Waals surface area (Å²) in [5, 5.41) is 0. The van der Waals surface area contributed by atoms with E-state index in [4.69, 9.17) is 4.74 Å². The Kier molecular flexibility index (Phi) is 5.98. The van der Waals surface area contributed by atoms with Crippen molar-refractivity contribution in [3.63, 3.8) is 0 Å². The Labute approximate surface area is 131 Å². The maximum atomic E-state index is 12.0. The summed E-state index contributed by atoms with van der Waals surface area (Å²) in [6, 6.07) is 0. The van der Waals surface area contributed by atoms with Gasteiger partial charge in [-0.3, -0.25) is 9.59 Å². The molecule has 1 atom stereocenters. The van der Waals surface area contributed by atoms with Crippen LogP contribution in [0, 0.1) is 5.92 Å². The van der Waals surface area contributed by atoms with Crippen LogP contribution in [-0.2, 0) is 27.9 Å². The molecule has 1 aromatic rings. The summed E-state index contributed by atoms with van der Waals surface area (Å²) in [5.74, 6) is -0.436. The van der Waals surface area contributed by atoms with Crippen molar-refractivity contribution in [3.8, 4) is 0 Å². The minimum absolute atomic E-state index is 0.0789. The van der Waals surface area contributed by atoms with Gasteiger partial charge in [0.2, 0.25) is 12.2 Å². The molecular weight excluding hydrogens is 282 g/mol. The number of aromatic nitrogens is 2. The first kappa shape index (κ1) is 16.5. The monoisotopic (exact) mass is 308 g/mol. The van der Waals surface area contributed by atoms with Gasteiger partial charge in [0.05, 0.1) is 26.1 Å². The van der Waals surface area contributed by atoms with Gasteiger partial charge >= 0.3 is 5.97 Å². The first-order valence-corrected chi connectivity index (χ1v) is 8.05. The third-order valence-electron chi connectivity index (χ3n) is 3.96. The highest BCUT2D eigenvalue weighted by molar-refractivity contribution is 5.86. The molecule has 0 aliphatic carbocycles. The fraction of sp³-hybridized carbons (Fsp3) is 0.688. The minimum atomic E-state index is -0.284. The molecule has 0 N–H and O–H groups in total. The lowest BCUT2D eigenvalue weighted by molar-refractivity contribution is -0.671. The number of nitrogens with zero attached hydrogens (tertiary/aromatic N) is 3. The zero-order valence-corrected chi connectivity index (χ0v) is 13.5. The molecular formula is C16H26N3O3+. The molecule has 122 valence electrons. The topological polar surface area (TPSA) is 55.4 Å². The van der Waals surface area contributed by atoms with Gasteiger partial charge in [0.1, 0.15) is 12.4 Å². The van der Waals surface area contributed by atoms with Gasteiger partial charge in [-0.05, 0) is 6.42 Å². The van der Waals surface area contributed by atoms with Crippen LogP contribution in [0.5, 0.6) is 0 Å². The first-order chi connectivity index (χ1) is 10.6. The highest BCUT2D eigenvalue weighted by Gasteiger charge is 2.34. The van der Waals surface area contributed by atoms with E-state index in [9.17, 15) is 9.59 Å². The number of ether oxygens (including phenoxy) is 1. The molecule has 0 aromatic carbocycles. The number of carbonyl (C=O) groups excluding carboxylic acids is 2. The predicted octanol–water partition coefficient (Wildman–Crippen LogP) is 0.894. The van der Waals surface area contributed by atoms with Crippen LogP contribution in [0.25, 0.3) is 0 Å². The summed E-state index contributed by atoms with van der Waals surface area (Å²) in [5.41, 5.74) is 0. The Hall–Kier alpha value is -1.85. The summed E-state index contributed by atoms with van der Waals surface area (Å²) < 4.78 is 9.35. The number of unbranched alkanes of at least 4 members (excludes halogenated alkanes) is 1. The van der Waals surface area contributed by atoms with Crippen molar-refractivity contribution < 1.29 is 18.9 Å². The maximum Gasteiger partial charge on any atom is 0.311 e. The van der Waals surface area contributed by atoms with E-state index in [0.29, 0.717) is 19.6 Å². The second-order valence-corrected chi connectivity index (χ2v) is 5.93. The summed E-state index contributed by atoms with van der Waals surface area (Å²) in [6.45, 7) is 4.59. The van der Waals surface area contributed by atoms with Crippen LogP contribution in [0.4, 0.5) is 0 Å². The third-order valence-corrected chi connectivity index (χ3v) is 3.96. The van der Waals surface area contributed by atoms with Crippen molar-refractivity contribution in [2.45, 2.75) is 39.2 Å². The molecule has 2 heterocycles. The minimum Gasteiger partial charge on any atom is -0.465 e. The van der Waals surface area contributed by atoms with E-state index < -0.39 is 0 Å². The number of imidazole rings is 1. The van der Waals surface area contributed by atoms with E-state index in [0.717, 1.165) is 32.4 Å². The molecule has 6 nitrogen and oxygen atoms in total. The van der Waals surface area contributed by atoms with Crippen LogP contribution >= 0.6 is 0 Å². The van der Waals surface area contributed by atoms with Crippen molar-refractivity contribution in [1.29, 1.82) is 0 Å². The van der Waals surface area contributed by atoms with Gasteiger partial charge in [0.15, 0.2) is 0 Å². The molecule has 2 rings (SSSR count). The molecule has 1 fully saturated rings. The number of hydrogen-bond donors (Lipinski definition) is 0. The lowest BCUT2D eigenvalue weighted by Crippen LogP contribution is -2.27.